The Morgan fingerprint density at radius 2 is 1.88 bits per heavy atom. The summed E-state index contributed by atoms with van der Waals surface area (Å²) in [5.41, 5.74) is 4.65. The Balaban J connectivity index is 1.66. The number of amides is 1. The molecule has 0 heterocycles. The molecule has 3 rings (SSSR count). The summed E-state index contributed by atoms with van der Waals surface area (Å²) in [6, 6.07) is 18.1. The summed E-state index contributed by atoms with van der Waals surface area (Å²) in [5, 5.41) is 4.70. The summed E-state index contributed by atoms with van der Waals surface area (Å²) in [4.78, 5) is 12.3. The van der Waals surface area contributed by atoms with Crippen molar-refractivity contribution in [1.29, 1.82) is 0 Å². The first-order valence-corrected chi connectivity index (χ1v) is 11.3. The van der Waals surface area contributed by atoms with Gasteiger partial charge in [-0.2, -0.15) is 5.10 Å². The first-order chi connectivity index (χ1) is 15.5. The number of carbonyl (C=O) groups is 1. The number of hydrogen-bond donors (Lipinski definition) is 1. The van der Waals surface area contributed by atoms with Gasteiger partial charge in [-0.15, -0.1) is 0 Å². The molecule has 0 aliphatic carbocycles. The minimum Gasteiger partial charge on any atom is -0.494 e. The second kappa shape index (κ2) is 11.7. The third-order valence-corrected chi connectivity index (χ3v) is 5.56. The van der Waals surface area contributed by atoms with Gasteiger partial charge in [-0.05, 0) is 77.5 Å². The molecule has 3 aromatic carbocycles. The molecule has 0 aromatic heterocycles. The highest BCUT2D eigenvalue weighted by Crippen LogP contribution is 2.34. The van der Waals surface area contributed by atoms with E-state index >= 15 is 0 Å². The third-order valence-electron chi connectivity index (χ3n) is 4.39. The molecule has 0 saturated carbocycles. The number of hydrogen-bond acceptors (Lipinski definition) is 5. The number of rotatable bonds is 9. The van der Waals surface area contributed by atoms with E-state index in [2.05, 4.69) is 33.1 Å². The molecule has 0 saturated heterocycles. The number of halogens is 2. The Labute approximate surface area is 205 Å². The van der Waals surface area contributed by atoms with Crippen LogP contribution in [0.1, 0.15) is 28.4 Å². The standard InChI is InChI=1S/C24H22ClIN2O4/c1-3-31-19-10-8-17(9-11-19)24(29)28-27-14-16-12-21(26)23(22(13-16)30-2)32-15-18-6-4-5-7-20(18)25/h4-14H,3,15H2,1-2H3,(H,28,29)/b27-14-. The van der Waals surface area contributed by atoms with Crippen LogP contribution >= 0.6 is 34.2 Å². The molecule has 0 aliphatic rings. The Hall–Kier alpha value is -2.78. The van der Waals surface area contributed by atoms with Crippen molar-refractivity contribution >= 4 is 46.3 Å². The molecule has 1 amide bonds. The van der Waals surface area contributed by atoms with Gasteiger partial charge < -0.3 is 14.2 Å². The first kappa shape index (κ1) is 23.9. The molecule has 6 nitrogen and oxygen atoms in total. The predicted octanol–water partition coefficient (Wildman–Crippen LogP) is 5.69. The second-order valence-corrected chi connectivity index (χ2v) is 8.14. The molecule has 166 valence electrons. The minimum absolute atomic E-state index is 0.314. The summed E-state index contributed by atoms with van der Waals surface area (Å²) < 4.78 is 17.7. The maximum absolute atomic E-state index is 12.3. The van der Waals surface area contributed by atoms with Gasteiger partial charge in [0.25, 0.3) is 5.91 Å². The Bertz CT molecular complexity index is 1100. The van der Waals surface area contributed by atoms with Crippen molar-refractivity contribution in [3.63, 3.8) is 0 Å². The molecule has 8 heteroatoms. The van der Waals surface area contributed by atoms with Crippen molar-refractivity contribution in [3.8, 4) is 17.2 Å². The van der Waals surface area contributed by atoms with Crippen LogP contribution < -0.4 is 19.6 Å². The van der Waals surface area contributed by atoms with Crippen molar-refractivity contribution in [3.05, 3.63) is 85.9 Å². The lowest BCUT2D eigenvalue weighted by molar-refractivity contribution is 0.0955. The van der Waals surface area contributed by atoms with Gasteiger partial charge in [0.1, 0.15) is 12.4 Å². The molecule has 0 bridgehead atoms. The Morgan fingerprint density at radius 3 is 2.56 bits per heavy atom. The van der Waals surface area contributed by atoms with Crippen LogP contribution in [-0.2, 0) is 6.61 Å². The average Bonchev–Trinajstić information content (AvgIpc) is 2.79. The van der Waals surface area contributed by atoms with E-state index in [1.807, 2.05) is 37.3 Å². The van der Waals surface area contributed by atoms with Gasteiger partial charge >= 0.3 is 0 Å². The van der Waals surface area contributed by atoms with Gasteiger partial charge in [0.05, 0.1) is 23.5 Å². The molecule has 0 atom stereocenters. The first-order valence-electron chi connectivity index (χ1n) is 9.81. The molecular formula is C24H22ClIN2O4. The predicted molar refractivity (Wildman–Crippen MR) is 134 cm³/mol. The fourth-order valence-corrected chi connectivity index (χ4v) is 3.79. The largest absolute Gasteiger partial charge is 0.494 e. The van der Waals surface area contributed by atoms with Gasteiger partial charge in [0.2, 0.25) is 0 Å². The number of nitrogens with one attached hydrogen (secondary N) is 1. The number of ether oxygens (including phenoxy) is 3. The van der Waals surface area contributed by atoms with Crippen molar-refractivity contribution in [2.45, 2.75) is 13.5 Å². The zero-order chi connectivity index (χ0) is 22.9. The monoisotopic (exact) mass is 564 g/mol. The zero-order valence-electron chi connectivity index (χ0n) is 17.6. The lowest BCUT2D eigenvalue weighted by atomic mass is 10.2. The average molecular weight is 565 g/mol. The van der Waals surface area contributed by atoms with Crippen molar-refractivity contribution in [1.82, 2.24) is 5.43 Å². The van der Waals surface area contributed by atoms with Gasteiger partial charge in [-0.25, -0.2) is 5.43 Å². The molecule has 1 N–H and O–H groups in total. The maximum Gasteiger partial charge on any atom is 0.271 e. The molecule has 3 aromatic rings. The molecule has 0 unspecified atom stereocenters. The van der Waals surface area contributed by atoms with E-state index in [0.29, 0.717) is 41.0 Å². The number of benzene rings is 3. The van der Waals surface area contributed by atoms with E-state index in [4.69, 9.17) is 25.8 Å². The summed E-state index contributed by atoms with van der Waals surface area (Å²) in [6.45, 7) is 2.79. The highest BCUT2D eigenvalue weighted by molar-refractivity contribution is 14.1. The number of methoxy groups -OCH3 is 1. The fraction of sp³-hybridized carbons (Fsp3) is 0.167. The van der Waals surface area contributed by atoms with Crippen LogP contribution in [0.3, 0.4) is 0 Å². The number of hydrazone groups is 1. The van der Waals surface area contributed by atoms with E-state index in [-0.39, 0.29) is 5.91 Å². The topological polar surface area (TPSA) is 69.2 Å². The van der Waals surface area contributed by atoms with E-state index in [9.17, 15) is 4.79 Å². The lowest BCUT2D eigenvalue weighted by Crippen LogP contribution is -2.17. The minimum atomic E-state index is -0.314. The summed E-state index contributed by atoms with van der Waals surface area (Å²) in [6.07, 6.45) is 1.55. The highest BCUT2D eigenvalue weighted by Gasteiger charge is 2.12. The summed E-state index contributed by atoms with van der Waals surface area (Å²) in [7, 11) is 1.57. The van der Waals surface area contributed by atoms with Crippen LogP contribution in [-0.4, -0.2) is 25.8 Å². The van der Waals surface area contributed by atoms with Crippen LogP contribution in [0.5, 0.6) is 17.2 Å². The molecule has 0 aliphatic heterocycles. The molecule has 32 heavy (non-hydrogen) atoms. The molecule has 0 fully saturated rings. The lowest BCUT2D eigenvalue weighted by Gasteiger charge is -2.14. The maximum atomic E-state index is 12.3. The van der Waals surface area contributed by atoms with Gasteiger partial charge in [-0.1, -0.05) is 29.8 Å². The Kier molecular flexibility index (Phi) is 8.75. The summed E-state index contributed by atoms with van der Waals surface area (Å²) >= 11 is 8.38. The van der Waals surface area contributed by atoms with E-state index in [0.717, 1.165) is 14.7 Å². The van der Waals surface area contributed by atoms with E-state index in [1.54, 1.807) is 43.7 Å². The van der Waals surface area contributed by atoms with Gasteiger partial charge in [-0.3, -0.25) is 4.79 Å². The third kappa shape index (κ3) is 6.37. The molecular weight excluding hydrogens is 543 g/mol. The van der Waals surface area contributed by atoms with Crippen molar-refractivity contribution in [2.75, 3.05) is 13.7 Å². The summed E-state index contributed by atoms with van der Waals surface area (Å²) in [5.74, 6) is 1.57. The van der Waals surface area contributed by atoms with Crippen LogP contribution in [0.2, 0.25) is 5.02 Å². The number of nitrogens with zero attached hydrogens (tertiary/aromatic N) is 1. The molecule has 0 radical (unpaired) electrons. The molecule has 0 spiro atoms. The highest BCUT2D eigenvalue weighted by atomic mass is 127. The fourth-order valence-electron chi connectivity index (χ4n) is 2.82. The SMILES string of the molecule is CCOc1ccc(C(=O)N/N=C\c2cc(I)c(OCc3ccccc3Cl)c(OC)c2)cc1. The van der Waals surface area contributed by atoms with Gasteiger partial charge in [0, 0.05) is 16.1 Å². The van der Waals surface area contributed by atoms with Crippen molar-refractivity contribution in [2.24, 2.45) is 5.10 Å². The smallest absolute Gasteiger partial charge is 0.271 e. The second-order valence-electron chi connectivity index (χ2n) is 6.57. The number of carbonyl (C=O) groups excluding carboxylic acids is 1. The zero-order valence-corrected chi connectivity index (χ0v) is 20.5. The van der Waals surface area contributed by atoms with Gasteiger partial charge in [0.15, 0.2) is 11.5 Å². The van der Waals surface area contributed by atoms with Crippen molar-refractivity contribution < 1.29 is 19.0 Å². The quantitative estimate of drug-likeness (QED) is 0.206. The Morgan fingerprint density at radius 1 is 1.12 bits per heavy atom. The van der Waals surface area contributed by atoms with E-state index < -0.39 is 0 Å². The van der Waals surface area contributed by atoms with Crippen LogP contribution in [0.15, 0.2) is 65.8 Å². The van der Waals surface area contributed by atoms with Crippen LogP contribution in [0.4, 0.5) is 0 Å². The van der Waals surface area contributed by atoms with Crippen LogP contribution in [0.25, 0.3) is 0 Å². The van der Waals surface area contributed by atoms with E-state index in [1.165, 1.54) is 0 Å². The van der Waals surface area contributed by atoms with Crippen LogP contribution in [0, 0.1) is 3.57 Å². The normalized spacial score (nSPS) is 10.8.